The molecule has 3 aromatic heterocycles. The molecule has 0 spiro atoms. The summed E-state index contributed by atoms with van der Waals surface area (Å²) in [5.74, 6) is 0.670. The molecule has 3 heterocycles. The lowest BCUT2D eigenvalue weighted by atomic mass is 10.2. The molecule has 28 heavy (non-hydrogen) atoms. The van der Waals surface area contributed by atoms with Gasteiger partial charge in [-0.25, -0.2) is 4.98 Å². The van der Waals surface area contributed by atoms with Gasteiger partial charge in [-0.3, -0.25) is 4.98 Å². The van der Waals surface area contributed by atoms with Crippen molar-refractivity contribution in [3.8, 4) is 28.7 Å². The SMILES string of the molecule is COc1ccccc1Cn1ccnc1-c1cc(-c2nnc(C(F)F)o2)ccn1. The average Bonchev–Trinajstić information content (AvgIpc) is 3.38. The summed E-state index contributed by atoms with van der Waals surface area (Å²) in [6.07, 6.45) is 2.22. The minimum absolute atomic E-state index is 0.00165. The summed E-state index contributed by atoms with van der Waals surface area (Å²) in [6, 6.07) is 11.0. The highest BCUT2D eigenvalue weighted by atomic mass is 19.3. The zero-order valence-electron chi connectivity index (χ0n) is 14.8. The molecule has 1 aromatic carbocycles. The van der Waals surface area contributed by atoms with Crippen LogP contribution in [0.4, 0.5) is 8.78 Å². The van der Waals surface area contributed by atoms with Gasteiger partial charge >= 0.3 is 6.43 Å². The van der Waals surface area contributed by atoms with Crippen molar-refractivity contribution in [3.63, 3.8) is 0 Å². The molecule has 9 heteroatoms. The highest BCUT2D eigenvalue weighted by Crippen LogP contribution is 2.27. The fourth-order valence-electron chi connectivity index (χ4n) is 2.81. The van der Waals surface area contributed by atoms with Crippen LogP contribution in [0, 0.1) is 0 Å². The molecule has 0 N–H and O–H groups in total. The molecule has 0 saturated carbocycles. The number of hydrogen-bond acceptors (Lipinski definition) is 6. The molecule has 7 nitrogen and oxygen atoms in total. The van der Waals surface area contributed by atoms with E-state index >= 15 is 0 Å². The van der Waals surface area contributed by atoms with Crippen LogP contribution in [0.2, 0.25) is 0 Å². The Labute approximate surface area is 158 Å². The first-order chi connectivity index (χ1) is 13.7. The van der Waals surface area contributed by atoms with E-state index in [9.17, 15) is 8.78 Å². The molecule has 0 saturated heterocycles. The monoisotopic (exact) mass is 383 g/mol. The second kappa shape index (κ2) is 7.55. The van der Waals surface area contributed by atoms with Crippen LogP contribution in [0.15, 0.2) is 59.4 Å². The first-order valence-corrected chi connectivity index (χ1v) is 8.37. The molecule has 0 unspecified atom stereocenters. The Bertz CT molecular complexity index is 1090. The Morgan fingerprint density at radius 3 is 2.75 bits per heavy atom. The third kappa shape index (κ3) is 3.46. The van der Waals surface area contributed by atoms with Crippen molar-refractivity contribution in [2.24, 2.45) is 0 Å². The number of nitrogens with zero attached hydrogens (tertiary/aromatic N) is 5. The highest BCUT2D eigenvalue weighted by molar-refractivity contribution is 5.61. The van der Waals surface area contributed by atoms with Crippen molar-refractivity contribution >= 4 is 0 Å². The number of aromatic nitrogens is 5. The molecule has 0 aliphatic heterocycles. The van der Waals surface area contributed by atoms with Gasteiger partial charge in [0.25, 0.3) is 5.89 Å². The van der Waals surface area contributed by atoms with Crippen LogP contribution < -0.4 is 4.74 Å². The first kappa shape index (κ1) is 17.8. The van der Waals surface area contributed by atoms with E-state index in [1.165, 1.54) is 0 Å². The zero-order chi connectivity index (χ0) is 19.5. The summed E-state index contributed by atoms with van der Waals surface area (Å²) < 4.78 is 37.7. The summed E-state index contributed by atoms with van der Waals surface area (Å²) in [7, 11) is 1.62. The second-order valence-corrected chi connectivity index (χ2v) is 5.87. The molecule has 0 atom stereocenters. The standard InChI is InChI=1S/C19H15F2N5O2/c1-27-15-5-3-2-4-13(15)11-26-9-8-23-17(26)14-10-12(6-7-22-14)18-24-25-19(28-18)16(20)21/h2-10,16H,11H2,1H3. The maximum atomic E-state index is 12.7. The number of rotatable bonds is 6. The lowest BCUT2D eigenvalue weighted by Crippen LogP contribution is -2.03. The number of pyridine rings is 1. The van der Waals surface area contributed by atoms with Gasteiger partial charge in [0.1, 0.15) is 11.4 Å². The molecule has 4 aromatic rings. The van der Waals surface area contributed by atoms with Crippen LogP contribution in [-0.4, -0.2) is 31.8 Å². The predicted molar refractivity (Wildman–Crippen MR) is 95.8 cm³/mol. The lowest BCUT2D eigenvalue weighted by Gasteiger charge is -2.11. The van der Waals surface area contributed by atoms with E-state index in [1.807, 2.05) is 35.0 Å². The third-order valence-electron chi connectivity index (χ3n) is 4.11. The van der Waals surface area contributed by atoms with Crippen molar-refractivity contribution < 1.29 is 17.9 Å². The Hall–Kier alpha value is -3.62. The Morgan fingerprint density at radius 1 is 1.11 bits per heavy atom. The fraction of sp³-hybridized carbons (Fsp3) is 0.158. The molecule has 0 aliphatic carbocycles. The molecule has 142 valence electrons. The van der Waals surface area contributed by atoms with Gasteiger partial charge in [0.05, 0.1) is 13.7 Å². The van der Waals surface area contributed by atoms with Gasteiger partial charge in [-0.15, -0.1) is 10.2 Å². The van der Waals surface area contributed by atoms with E-state index in [-0.39, 0.29) is 5.89 Å². The lowest BCUT2D eigenvalue weighted by molar-refractivity contribution is 0.116. The number of imidazole rings is 1. The number of para-hydroxylation sites is 1. The van der Waals surface area contributed by atoms with Crippen molar-refractivity contribution in [3.05, 3.63) is 66.4 Å². The van der Waals surface area contributed by atoms with Crippen molar-refractivity contribution in [1.82, 2.24) is 24.7 Å². The molecular weight excluding hydrogens is 368 g/mol. The summed E-state index contributed by atoms with van der Waals surface area (Å²) in [6.45, 7) is 0.529. The van der Waals surface area contributed by atoms with Crippen LogP contribution in [0.3, 0.4) is 0 Å². The van der Waals surface area contributed by atoms with Crippen molar-refractivity contribution in [2.45, 2.75) is 13.0 Å². The Kier molecular flexibility index (Phi) is 4.79. The Morgan fingerprint density at radius 2 is 1.96 bits per heavy atom. The molecule has 4 rings (SSSR count). The number of halogens is 2. The third-order valence-corrected chi connectivity index (χ3v) is 4.11. The van der Waals surface area contributed by atoms with Crippen molar-refractivity contribution in [2.75, 3.05) is 7.11 Å². The number of hydrogen-bond donors (Lipinski definition) is 0. The number of methoxy groups -OCH3 is 1. The van der Waals surface area contributed by atoms with Gasteiger partial charge in [0, 0.05) is 29.7 Å². The average molecular weight is 383 g/mol. The number of ether oxygens (including phenoxy) is 1. The Balaban J connectivity index is 1.66. The first-order valence-electron chi connectivity index (χ1n) is 8.37. The van der Waals surface area contributed by atoms with Gasteiger partial charge in [-0.1, -0.05) is 18.2 Å². The maximum absolute atomic E-state index is 12.7. The molecule has 0 bridgehead atoms. The van der Waals surface area contributed by atoms with Gasteiger partial charge < -0.3 is 13.7 Å². The maximum Gasteiger partial charge on any atom is 0.314 e. The zero-order valence-corrected chi connectivity index (χ0v) is 14.8. The van der Waals surface area contributed by atoms with E-state index in [2.05, 4.69) is 20.2 Å². The molecule has 0 fully saturated rings. The van der Waals surface area contributed by atoms with E-state index in [1.54, 1.807) is 31.6 Å². The van der Waals surface area contributed by atoms with Crippen LogP contribution in [-0.2, 0) is 6.54 Å². The van der Waals surface area contributed by atoms with E-state index in [4.69, 9.17) is 9.15 Å². The predicted octanol–water partition coefficient (Wildman–Crippen LogP) is 3.99. The minimum atomic E-state index is -2.82. The summed E-state index contributed by atoms with van der Waals surface area (Å²) in [5.41, 5.74) is 2.02. The van der Waals surface area contributed by atoms with Crippen LogP contribution >= 0.6 is 0 Å². The van der Waals surface area contributed by atoms with Gasteiger partial charge in [0.2, 0.25) is 5.89 Å². The quantitative estimate of drug-likeness (QED) is 0.501. The van der Waals surface area contributed by atoms with E-state index in [0.717, 1.165) is 11.3 Å². The smallest absolute Gasteiger partial charge is 0.314 e. The van der Waals surface area contributed by atoms with Gasteiger partial charge in [0.15, 0.2) is 5.82 Å². The van der Waals surface area contributed by atoms with Crippen LogP contribution in [0.25, 0.3) is 23.0 Å². The topological polar surface area (TPSA) is 78.9 Å². The summed E-state index contributed by atoms with van der Waals surface area (Å²) in [4.78, 5) is 8.72. The normalized spacial score (nSPS) is 11.1. The van der Waals surface area contributed by atoms with Crippen LogP contribution in [0.5, 0.6) is 5.75 Å². The number of alkyl halides is 2. The molecule has 0 amide bonds. The fourth-order valence-corrected chi connectivity index (χ4v) is 2.81. The largest absolute Gasteiger partial charge is 0.496 e. The van der Waals surface area contributed by atoms with Gasteiger partial charge in [-0.2, -0.15) is 8.78 Å². The summed E-state index contributed by atoms with van der Waals surface area (Å²) >= 11 is 0. The van der Waals surface area contributed by atoms with Gasteiger partial charge in [-0.05, 0) is 18.2 Å². The van der Waals surface area contributed by atoms with E-state index < -0.39 is 12.3 Å². The number of benzene rings is 1. The molecule has 0 aliphatic rings. The minimum Gasteiger partial charge on any atom is -0.496 e. The van der Waals surface area contributed by atoms with Crippen LogP contribution in [0.1, 0.15) is 17.9 Å². The molecular formula is C19H15F2N5O2. The second-order valence-electron chi connectivity index (χ2n) is 5.87. The summed E-state index contributed by atoms with van der Waals surface area (Å²) in [5, 5.41) is 7.03. The molecule has 0 radical (unpaired) electrons. The van der Waals surface area contributed by atoms with Crippen molar-refractivity contribution in [1.29, 1.82) is 0 Å². The van der Waals surface area contributed by atoms with E-state index in [0.29, 0.717) is 23.6 Å². The highest BCUT2D eigenvalue weighted by Gasteiger charge is 2.18.